The molecule has 6 heteroatoms. The summed E-state index contributed by atoms with van der Waals surface area (Å²) < 4.78 is 6.38. The molecule has 0 bridgehead atoms. The van der Waals surface area contributed by atoms with Gasteiger partial charge in [-0.3, -0.25) is 0 Å². The maximum absolute atomic E-state index is 11.6. The van der Waals surface area contributed by atoms with Crippen LogP contribution in [0.15, 0.2) is 22.7 Å². The van der Waals surface area contributed by atoms with Gasteiger partial charge in [-0.1, -0.05) is 0 Å². The monoisotopic (exact) mass is 344 g/mol. The number of amides is 2. The van der Waals surface area contributed by atoms with Crippen molar-refractivity contribution in [3.05, 3.63) is 22.7 Å². The molecule has 1 aromatic rings. The number of anilines is 1. The summed E-state index contributed by atoms with van der Waals surface area (Å²) in [6.07, 6.45) is 0.198. The Balaban J connectivity index is 2.52. The number of hydrogen-bond acceptors (Lipinski definition) is 3. The first-order valence-electron chi connectivity index (χ1n) is 6.57. The lowest BCUT2D eigenvalue weighted by Crippen LogP contribution is -2.30. The molecule has 5 nitrogen and oxygen atoms in total. The molecule has 0 fully saturated rings. The molecule has 1 unspecified atom stereocenters. The molecule has 0 saturated heterocycles. The van der Waals surface area contributed by atoms with Gasteiger partial charge in [0.2, 0.25) is 0 Å². The van der Waals surface area contributed by atoms with Crippen molar-refractivity contribution in [2.45, 2.75) is 39.4 Å². The first-order chi connectivity index (χ1) is 9.38. The van der Waals surface area contributed by atoms with Gasteiger partial charge in [-0.15, -0.1) is 0 Å². The van der Waals surface area contributed by atoms with Crippen molar-refractivity contribution in [3.8, 4) is 5.75 Å². The molecule has 1 aromatic carbocycles. The number of halogens is 1. The van der Waals surface area contributed by atoms with Crippen LogP contribution in [0.5, 0.6) is 5.75 Å². The molecular weight excluding hydrogens is 324 g/mol. The van der Waals surface area contributed by atoms with Crippen LogP contribution < -0.4 is 15.4 Å². The fraction of sp³-hybridized carbons (Fsp3) is 0.500. The number of aliphatic hydroxyl groups is 1. The third-order valence-electron chi connectivity index (χ3n) is 2.40. The Kier molecular flexibility index (Phi) is 6.81. The summed E-state index contributed by atoms with van der Waals surface area (Å²) >= 11 is 3.41. The topological polar surface area (TPSA) is 70.6 Å². The van der Waals surface area contributed by atoms with Crippen LogP contribution in [-0.4, -0.2) is 29.9 Å². The minimum absolute atomic E-state index is 0.0916. The zero-order valence-corrected chi connectivity index (χ0v) is 13.5. The fourth-order valence-corrected chi connectivity index (χ4v) is 1.97. The molecule has 3 N–H and O–H groups in total. The summed E-state index contributed by atoms with van der Waals surface area (Å²) in [6.45, 7) is 6.02. The first kappa shape index (κ1) is 16.8. The smallest absolute Gasteiger partial charge is 0.319 e. The van der Waals surface area contributed by atoms with E-state index in [1.807, 2.05) is 13.8 Å². The number of benzene rings is 1. The zero-order valence-electron chi connectivity index (χ0n) is 11.9. The van der Waals surface area contributed by atoms with E-state index >= 15 is 0 Å². The van der Waals surface area contributed by atoms with Crippen molar-refractivity contribution >= 4 is 27.6 Å². The van der Waals surface area contributed by atoms with Crippen LogP contribution in [0, 0.1) is 0 Å². The average Bonchev–Trinajstić information content (AvgIpc) is 2.31. The van der Waals surface area contributed by atoms with Crippen LogP contribution >= 0.6 is 15.9 Å². The Morgan fingerprint density at radius 3 is 2.65 bits per heavy atom. The van der Waals surface area contributed by atoms with Gasteiger partial charge >= 0.3 is 6.03 Å². The van der Waals surface area contributed by atoms with Crippen LogP contribution in [0.2, 0.25) is 0 Å². The van der Waals surface area contributed by atoms with Crippen LogP contribution in [0.25, 0.3) is 0 Å². The Labute approximate surface area is 127 Å². The lowest BCUT2D eigenvalue weighted by Gasteiger charge is -2.13. The molecule has 1 atom stereocenters. The quantitative estimate of drug-likeness (QED) is 0.742. The fourth-order valence-electron chi connectivity index (χ4n) is 1.50. The molecular formula is C14H21BrN2O3. The lowest BCUT2D eigenvalue weighted by atomic mass is 10.3. The van der Waals surface area contributed by atoms with Gasteiger partial charge in [-0.2, -0.15) is 0 Å². The van der Waals surface area contributed by atoms with Gasteiger partial charge in [0, 0.05) is 12.2 Å². The van der Waals surface area contributed by atoms with Crippen LogP contribution in [-0.2, 0) is 0 Å². The summed E-state index contributed by atoms with van der Waals surface area (Å²) in [5.41, 5.74) is 0.669. The number of carbonyl (C=O) groups excluding carboxylic acids is 1. The second-order valence-electron chi connectivity index (χ2n) is 4.83. The van der Waals surface area contributed by atoms with E-state index in [1.165, 1.54) is 0 Å². The first-order valence-corrected chi connectivity index (χ1v) is 7.37. The third kappa shape index (κ3) is 6.25. The van der Waals surface area contributed by atoms with E-state index in [0.29, 0.717) is 18.7 Å². The van der Waals surface area contributed by atoms with Crippen LogP contribution in [0.3, 0.4) is 0 Å². The average molecular weight is 345 g/mol. The molecule has 0 radical (unpaired) electrons. The lowest BCUT2D eigenvalue weighted by molar-refractivity contribution is 0.184. The number of aliphatic hydroxyl groups excluding tert-OH is 1. The van der Waals surface area contributed by atoms with Crippen molar-refractivity contribution in [1.82, 2.24) is 5.32 Å². The van der Waals surface area contributed by atoms with Crippen molar-refractivity contribution < 1.29 is 14.6 Å². The number of carbonyl (C=O) groups is 1. The highest BCUT2D eigenvalue weighted by Crippen LogP contribution is 2.28. The standard InChI is InChI=1S/C14H21BrN2O3/c1-9(2)20-13-5-4-11(8-12(13)15)17-14(19)16-7-6-10(3)18/h4-5,8-10,18H,6-7H2,1-3H3,(H2,16,17,19). The van der Waals surface area contributed by atoms with Crippen LogP contribution in [0.4, 0.5) is 10.5 Å². The van der Waals surface area contributed by atoms with E-state index in [-0.39, 0.29) is 12.1 Å². The predicted octanol–water partition coefficient (Wildman–Crippen LogP) is 3.13. The third-order valence-corrected chi connectivity index (χ3v) is 3.02. The van der Waals surface area contributed by atoms with E-state index in [1.54, 1.807) is 25.1 Å². The number of rotatable bonds is 6. The van der Waals surface area contributed by atoms with Crippen molar-refractivity contribution in [1.29, 1.82) is 0 Å². The summed E-state index contributed by atoms with van der Waals surface area (Å²) in [4.78, 5) is 11.6. The van der Waals surface area contributed by atoms with Crippen LogP contribution in [0.1, 0.15) is 27.2 Å². The Morgan fingerprint density at radius 2 is 2.10 bits per heavy atom. The van der Waals surface area contributed by atoms with E-state index in [9.17, 15) is 4.79 Å². The van der Waals surface area contributed by atoms with Gasteiger partial charge in [0.05, 0.1) is 16.7 Å². The molecule has 112 valence electrons. The van der Waals surface area contributed by atoms with Crippen molar-refractivity contribution in [2.24, 2.45) is 0 Å². The Morgan fingerprint density at radius 1 is 1.40 bits per heavy atom. The molecule has 2 amide bonds. The number of nitrogens with one attached hydrogen (secondary N) is 2. The highest BCUT2D eigenvalue weighted by atomic mass is 79.9. The molecule has 0 spiro atoms. The number of hydrogen-bond donors (Lipinski definition) is 3. The summed E-state index contributed by atoms with van der Waals surface area (Å²) in [5, 5.41) is 14.5. The molecule has 0 aliphatic heterocycles. The Bertz CT molecular complexity index is 450. The van der Waals surface area contributed by atoms with Crippen molar-refractivity contribution in [2.75, 3.05) is 11.9 Å². The Hall–Kier alpha value is -1.27. The highest BCUT2D eigenvalue weighted by molar-refractivity contribution is 9.10. The van der Waals surface area contributed by atoms with Gasteiger partial charge in [-0.25, -0.2) is 4.79 Å². The summed E-state index contributed by atoms with van der Waals surface area (Å²) in [7, 11) is 0. The second kappa shape index (κ2) is 8.11. The van der Waals surface area contributed by atoms with Crippen molar-refractivity contribution in [3.63, 3.8) is 0 Å². The molecule has 0 aliphatic rings. The number of ether oxygens (including phenoxy) is 1. The van der Waals surface area contributed by atoms with E-state index in [0.717, 1.165) is 10.2 Å². The molecule has 1 rings (SSSR count). The largest absolute Gasteiger partial charge is 0.490 e. The normalized spacial score (nSPS) is 12.1. The van der Waals surface area contributed by atoms with Gasteiger partial charge in [0.15, 0.2) is 0 Å². The highest BCUT2D eigenvalue weighted by Gasteiger charge is 2.07. The van der Waals surface area contributed by atoms with E-state index < -0.39 is 6.10 Å². The predicted molar refractivity (Wildman–Crippen MR) is 83.2 cm³/mol. The van der Waals surface area contributed by atoms with E-state index in [4.69, 9.17) is 9.84 Å². The van der Waals surface area contributed by atoms with Gasteiger partial charge < -0.3 is 20.5 Å². The maximum atomic E-state index is 11.6. The van der Waals surface area contributed by atoms with Gasteiger partial charge in [0.1, 0.15) is 5.75 Å². The summed E-state index contributed by atoms with van der Waals surface area (Å²) in [5.74, 6) is 0.736. The minimum atomic E-state index is -0.420. The van der Waals surface area contributed by atoms with Gasteiger partial charge in [0.25, 0.3) is 0 Å². The SMILES string of the molecule is CC(O)CCNC(=O)Nc1ccc(OC(C)C)c(Br)c1. The van der Waals surface area contributed by atoms with Gasteiger partial charge in [-0.05, 0) is 61.3 Å². The number of urea groups is 1. The molecule has 0 heterocycles. The minimum Gasteiger partial charge on any atom is -0.490 e. The van der Waals surface area contributed by atoms with E-state index in [2.05, 4.69) is 26.6 Å². The maximum Gasteiger partial charge on any atom is 0.319 e. The molecule has 0 aliphatic carbocycles. The molecule has 0 aromatic heterocycles. The summed E-state index contributed by atoms with van der Waals surface area (Å²) in [6, 6.07) is 5.06. The molecule has 0 saturated carbocycles. The molecule has 20 heavy (non-hydrogen) atoms. The zero-order chi connectivity index (χ0) is 15.1. The second-order valence-corrected chi connectivity index (χ2v) is 5.68.